The first kappa shape index (κ1) is 17.8. The second-order valence-electron chi connectivity index (χ2n) is 6.35. The van der Waals surface area contributed by atoms with Gasteiger partial charge in [0, 0.05) is 39.0 Å². The van der Waals surface area contributed by atoms with E-state index in [0.29, 0.717) is 25.7 Å². The molecule has 1 aromatic carbocycles. The van der Waals surface area contributed by atoms with Crippen molar-refractivity contribution in [2.75, 3.05) is 38.3 Å². The molecule has 1 heterocycles. The molecule has 2 N–H and O–H groups in total. The minimum Gasteiger partial charge on any atom is -0.396 e. The summed E-state index contributed by atoms with van der Waals surface area (Å²) >= 11 is 0. The minimum atomic E-state index is -0.132. The van der Waals surface area contributed by atoms with Crippen molar-refractivity contribution >= 4 is 11.6 Å². The molecule has 5 nitrogen and oxygen atoms in total. The standard InChI is InChI=1S/C18H28N2O3/c1-14(13-23-2)18(22)19-11-15-3-5-17(6-4-15)20-9-7-16(12-21)8-10-20/h3-6,14,16,21H,7-13H2,1-2H3,(H,19,22). The lowest BCUT2D eigenvalue weighted by atomic mass is 9.97. The van der Waals surface area contributed by atoms with Gasteiger partial charge in [0.1, 0.15) is 0 Å². The molecule has 1 unspecified atom stereocenters. The number of piperidine rings is 1. The van der Waals surface area contributed by atoms with Crippen LogP contribution in [0, 0.1) is 11.8 Å². The predicted molar refractivity (Wildman–Crippen MR) is 91.4 cm³/mol. The molecule has 0 spiro atoms. The smallest absolute Gasteiger partial charge is 0.225 e. The molecule has 23 heavy (non-hydrogen) atoms. The maximum absolute atomic E-state index is 11.9. The van der Waals surface area contributed by atoms with Crippen LogP contribution in [0.5, 0.6) is 0 Å². The molecule has 5 heteroatoms. The summed E-state index contributed by atoms with van der Waals surface area (Å²) < 4.78 is 4.99. The quantitative estimate of drug-likeness (QED) is 0.804. The van der Waals surface area contributed by atoms with E-state index in [-0.39, 0.29) is 11.8 Å². The number of ether oxygens (including phenoxy) is 1. The van der Waals surface area contributed by atoms with E-state index in [4.69, 9.17) is 4.74 Å². The Morgan fingerprint density at radius 1 is 1.35 bits per heavy atom. The number of hydrogen-bond acceptors (Lipinski definition) is 4. The Balaban J connectivity index is 1.82. The number of aliphatic hydroxyl groups excluding tert-OH is 1. The molecule has 1 amide bonds. The Bertz CT molecular complexity index is 482. The predicted octanol–water partition coefficient (Wildman–Crippen LogP) is 1.79. The molecule has 1 aromatic rings. The summed E-state index contributed by atoms with van der Waals surface area (Å²) in [5.74, 6) is 0.337. The third-order valence-electron chi connectivity index (χ3n) is 4.51. The number of anilines is 1. The third-order valence-corrected chi connectivity index (χ3v) is 4.51. The Morgan fingerprint density at radius 3 is 2.57 bits per heavy atom. The van der Waals surface area contributed by atoms with E-state index >= 15 is 0 Å². The van der Waals surface area contributed by atoms with Gasteiger partial charge >= 0.3 is 0 Å². The lowest BCUT2D eigenvalue weighted by Gasteiger charge is -2.33. The molecular weight excluding hydrogens is 292 g/mol. The van der Waals surface area contributed by atoms with Crippen LogP contribution in [-0.2, 0) is 16.1 Å². The van der Waals surface area contributed by atoms with E-state index in [1.54, 1.807) is 7.11 Å². The number of carbonyl (C=O) groups is 1. The molecule has 0 radical (unpaired) electrons. The number of amides is 1. The van der Waals surface area contributed by atoms with Crippen LogP contribution < -0.4 is 10.2 Å². The average Bonchev–Trinajstić information content (AvgIpc) is 2.60. The van der Waals surface area contributed by atoms with Gasteiger partial charge in [-0.1, -0.05) is 19.1 Å². The van der Waals surface area contributed by atoms with Gasteiger partial charge in [-0.2, -0.15) is 0 Å². The highest BCUT2D eigenvalue weighted by Crippen LogP contribution is 2.23. The van der Waals surface area contributed by atoms with Crippen LogP contribution in [0.25, 0.3) is 0 Å². The average molecular weight is 320 g/mol. The highest BCUT2D eigenvalue weighted by molar-refractivity contribution is 5.78. The fraction of sp³-hybridized carbons (Fsp3) is 0.611. The van der Waals surface area contributed by atoms with Crippen molar-refractivity contribution < 1.29 is 14.6 Å². The van der Waals surface area contributed by atoms with Crippen LogP contribution in [0.4, 0.5) is 5.69 Å². The Labute approximate surface area is 138 Å². The fourth-order valence-corrected chi connectivity index (χ4v) is 2.89. The second-order valence-corrected chi connectivity index (χ2v) is 6.35. The van der Waals surface area contributed by atoms with E-state index < -0.39 is 0 Å². The van der Waals surface area contributed by atoms with Crippen LogP contribution in [0.1, 0.15) is 25.3 Å². The van der Waals surface area contributed by atoms with E-state index in [2.05, 4.69) is 34.5 Å². The van der Waals surface area contributed by atoms with Crippen LogP contribution in [0.15, 0.2) is 24.3 Å². The summed E-state index contributed by atoms with van der Waals surface area (Å²) in [6.07, 6.45) is 2.09. The number of benzene rings is 1. The monoisotopic (exact) mass is 320 g/mol. The molecule has 1 atom stereocenters. The third kappa shape index (κ3) is 5.22. The van der Waals surface area contributed by atoms with E-state index in [1.165, 1.54) is 5.69 Å². The van der Waals surface area contributed by atoms with Gasteiger partial charge in [0.05, 0.1) is 12.5 Å². The van der Waals surface area contributed by atoms with Crippen molar-refractivity contribution in [1.82, 2.24) is 5.32 Å². The Hall–Kier alpha value is -1.59. The molecule has 128 valence electrons. The van der Waals surface area contributed by atoms with Crippen molar-refractivity contribution in [3.8, 4) is 0 Å². The number of nitrogens with zero attached hydrogens (tertiary/aromatic N) is 1. The highest BCUT2D eigenvalue weighted by atomic mass is 16.5. The number of nitrogens with one attached hydrogen (secondary N) is 1. The molecule has 1 aliphatic heterocycles. The summed E-state index contributed by atoms with van der Waals surface area (Å²) in [5, 5.41) is 12.1. The molecule has 0 aromatic heterocycles. The van der Waals surface area contributed by atoms with E-state index in [0.717, 1.165) is 31.5 Å². The van der Waals surface area contributed by atoms with Gasteiger partial charge in [0.2, 0.25) is 5.91 Å². The van der Waals surface area contributed by atoms with Crippen LogP contribution in [0.3, 0.4) is 0 Å². The zero-order valence-electron chi connectivity index (χ0n) is 14.1. The maximum Gasteiger partial charge on any atom is 0.225 e. The Kier molecular flexibility index (Phi) is 6.86. The summed E-state index contributed by atoms with van der Waals surface area (Å²) in [4.78, 5) is 14.2. The largest absolute Gasteiger partial charge is 0.396 e. The van der Waals surface area contributed by atoms with Gasteiger partial charge in [-0.25, -0.2) is 0 Å². The van der Waals surface area contributed by atoms with Gasteiger partial charge in [0.25, 0.3) is 0 Å². The minimum absolute atomic E-state index is 0.0157. The van der Waals surface area contributed by atoms with Crippen molar-refractivity contribution in [3.05, 3.63) is 29.8 Å². The number of carbonyl (C=O) groups excluding carboxylic acids is 1. The first-order chi connectivity index (χ1) is 11.1. The second kappa shape index (κ2) is 8.89. The maximum atomic E-state index is 11.9. The molecule has 0 bridgehead atoms. The molecule has 0 aliphatic carbocycles. The van der Waals surface area contributed by atoms with Gasteiger partial charge in [0.15, 0.2) is 0 Å². The summed E-state index contributed by atoms with van der Waals surface area (Å²) in [6.45, 7) is 5.13. The molecule has 0 saturated carbocycles. The lowest BCUT2D eigenvalue weighted by Crippen LogP contribution is -2.34. The lowest BCUT2D eigenvalue weighted by molar-refractivity contribution is -0.126. The molecule has 2 rings (SSSR count). The fourth-order valence-electron chi connectivity index (χ4n) is 2.89. The molecular formula is C18H28N2O3. The SMILES string of the molecule is COCC(C)C(=O)NCc1ccc(N2CCC(CO)CC2)cc1. The van der Waals surface area contributed by atoms with Gasteiger partial charge in [-0.15, -0.1) is 0 Å². The number of methoxy groups -OCH3 is 1. The van der Waals surface area contributed by atoms with Gasteiger partial charge in [-0.05, 0) is 36.5 Å². The number of aliphatic hydroxyl groups is 1. The van der Waals surface area contributed by atoms with Crippen molar-refractivity contribution in [3.63, 3.8) is 0 Å². The molecule has 1 fully saturated rings. The van der Waals surface area contributed by atoms with Crippen molar-refractivity contribution in [2.45, 2.75) is 26.3 Å². The number of hydrogen-bond donors (Lipinski definition) is 2. The molecule has 1 aliphatic rings. The van der Waals surface area contributed by atoms with Crippen LogP contribution in [-0.4, -0.2) is 44.4 Å². The zero-order chi connectivity index (χ0) is 16.7. The van der Waals surface area contributed by atoms with E-state index in [1.807, 2.05) is 6.92 Å². The first-order valence-corrected chi connectivity index (χ1v) is 8.35. The summed E-state index contributed by atoms with van der Waals surface area (Å²) in [6, 6.07) is 8.35. The summed E-state index contributed by atoms with van der Waals surface area (Å²) in [7, 11) is 1.60. The van der Waals surface area contributed by atoms with Crippen molar-refractivity contribution in [1.29, 1.82) is 0 Å². The van der Waals surface area contributed by atoms with Crippen LogP contribution in [0.2, 0.25) is 0 Å². The van der Waals surface area contributed by atoms with Gasteiger partial charge < -0.3 is 20.1 Å². The van der Waals surface area contributed by atoms with Gasteiger partial charge in [-0.3, -0.25) is 4.79 Å². The Morgan fingerprint density at radius 2 is 2.00 bits per heavy atom. The molecule has 1 saturated heterocycles. The topological polar surface area (TPSA) is 61.8 Å². The highest BCUT2D eigenvalue weighted by Gasteiger charge is 2.18. The van der Waals surface area contributed by atoms with E-state index in [9.17, 15) is 9.90 Å². The summed E-state index contributed by atoms with van der Waals surface area (Å²) in [5.41, 5.74) is 2.31. The number of rotatable bonds is 7. The zero-order valence-corrected chi connectivity index (χ0v) is 14.1. The normalized spacial score (nSPS) is 17.1. The van der Waals surface area contributed by atoms with Crippen molar-refractivity contribution in [2.24, 2.45) is 11.8 Å². The first-order valence-electron chi connectivity index (χ1n) is 8.35. The van der Waals surface area contributed by atoms with Crippen LogP contribution >= 0.6 is 0 Å².